The summed E-state index contributed by atoms with van der Waals surface area (Å²) in [7, 11) is 3.19. The molecule has 8 heteroatoms. The van der Waals surface area contributed by atoms with E-state index in [0.717, 1.165) is 21.9 Å². The van der Waals surface area contributed by atoms with Crippen molar-refractivity contribution >= 4 is 21.8 Å². The Morgan fingerprint density at radius 2 is 1.89 bits per heavy atom. The molecule has 0 aliphatic rings. The molecule has 0 aliphatic heterocycles. The molecule has 0 amide bonds. The summed E-state index contributed by atoms with van der Waals surface area (Å²) in [6.07, 6.45) is 3.31. The average Bonchev–Trinajstić information content (AvgIpc) is 3.15. The van der Waals surface area contributed by atoms with Gasteiger partial charge in [-0.05, 0) is 24.3 Å². The third kappa shape index (κ3) is 3.18. The molecule has 0 unspecified atom stereocenters. The Morgan fingerprint density at radius 1 is 1.00 bits per heavy atom. The van der Waals surface area contributed by atoms with Crippen molar-refractivity contribution in [2.24, 2.45) is 0 Å². The van der Waals surface area contributed by atoms with Crippen LogP contribution in [0.3, 0.4) is 0 Å². The summed E-state index contributed by atoms with van der Waals surface area (Å²) < 4.78 is 28.9. The summed E-state index contributed by atoms with van der Waals surface area (Å²) in [5.74, 6) is 1.26. The largest absolute Gasteiger partial charge is 0.493 e. The molecule has 2 aromatic carbocycles. The van der Waals surface area contributed by atoms with E-state index in [2.05, 4.69) is 19.9 Å². The van der Waals surface area contributed by atoms with Crippen molar-refractivity contribution in [3.8, 4) is 28.5 Å². The molecule has 0 bridgehead atoms. The maximum absolute atomic E-state index is 12.6. The molecule has 1 N–H and O–H groups in total. The SMILES string of the molecule is COCCOc1cc2ncnc(-c3c[nH]c4ccc(OF)cc34)c2cc1OC. The van der Waals surface area contributed by atoms with Crippen LogP contribution in [0.15, 0.2) is 42.9 Å². The van der Waals surface area contributed by atoms with Gasteiger partial charge in [0.1, 0.15) is 12.9 Å². The molecule has 0 atom stereocenters. The summed E-state index contributed by atoms with van der Waals surface area (Å²) in [4.78, 5) is 15.9. The molecule has 2 aromatic heterocycles. The number of hydrogen-bond acceptors (Lipinski definition) is 6. The van der Waals surface area contributed by atoms with Crippen LogP contribution in [0.4, 0.5) is 4.53 Å². The Morgan fingerprint density at radius 3 is 2.68 bits per heavy atom. The molecular formula is C20H18FN3O4. The lowest BCUT2D eigenvalue weighted by Gasteiger charge is -2.13. The van der Waals surface area contributed by atoms with E-state index in [1.807, 2.05) is 12.3 Å². The van der Waals surface area contributed by atoms with E-state index < -0.39 is 0 Å². The lowest BCUT2D eigenvalue weighted by molar-refractivity contribution is -0.00603. The van der Waals surface area contributed by atoms with Crippen molar-refractivity contribution in [3.63, 3.8) is 0 Å². The smallest absolute Gasteiger partial charge is 0.172 e. The summed E-state index contributed by atoms with van der Waals surface area (Å²) >= 11 is 0. The van der Waals surface area contributed by atoms with Gasteiger partial charge in [-0.3, -0.25) is 4.94 Å². The van der Waals surface area contributed by atoms with Gasteiger partial charge in [-0.1, -0.05) is 0 Å². The highest BCUT2D eigenvalue weighted by Gasteiger charge is 2.16. The molecule has 4 rings (SSSR count). The number of hydrogen-bond donors (Lipinski definition) is 1. The van der Waals surface area contributed by atoms with Gasteiger partial charge in [0.15, 0.2) is 17.2 Å². The molecule has 0 spiro atoms. The molecule has 7 nitrogen and oxygen atoms in total. The van der Waals surface area contributed by atoms with Crippen molar-refractivity contribution in [3.05, 3.63) is 42.9 Å². The maximum atomic E-state index is 12.6. The van der Waals surface area contributed by atoms with E-state index in [9.17, 15) is 4.53 Å². The Labute approximate surface area is 159 Å². The van der Waals surface area contributed by atoms with Crippen molar-refractivity contribution in [2.45, 2.75) is 0 Å². The molecular weight excluding hydrogens is 365 g/mol. The van der Waals surface area contributed by atoms with Crippen molar-refractivity contribution in [2.75, 3.05) is 27.4 Å². The Balaban J connectivity index is 1.86. The first kappa shape index (κ1) is 18.0. The van der Waals surface area contributed by atoms with Crippen molar-refractivity contribution in [1.29, 1.82) is 0 Å². The highest BCUT2D eigenvalue weighted by molar-refractivity contribution is 6.03. The number of nitrogens with zero attached hydrogens (tertiary/aromatic N) is 2. The van der Waals surface area contributed by atoms with Gasteiger partial charge in [0.05, 0.1) is 24.9 Å². The molecule has 0 saturated heterocycles. The van der Waals surface area contributed by atoms with Crippen LogP contribution in [-0.2, 0) is 4.74 Å². The number of methoxy groups -OCH3 is 2. The summed E-state index contributed by atoms with van der Waals surface area (Å²) in [6, 6.07) is 8.56. The first-order valence-corrected chi connectivity index (χ1v) is 8.59. The first-order chi connectivity index (χ1) is 13.7. The normalized spacial score (nSPS) is 11.1. The number of ether oxygens (including phenoxy) is 3. The zero-order chi connectivity index (χ0) is 19.5. The molecule has 144 valence electrons. The van der Waals surface area contributed by atoms with Gasteiger partial charge in [-0.15, -0.1) is 0 Å². The molecule has 4 aromatic rings. The highest BCUT2D eigenvalue weighted by atomic mass is 19.3. The predicted octanol–water partition coefficient (Wildman–Crippen LogP) is 4.08. The Kier molecular flexibility index (Phi) is 4.94. The Hall–Kier alpha value is -3.39. The number of aromatic amines is 1. The predicted molar refractivity (Wildman–Crippen MR) is 102 cm³/mol. The quantitative estimate of drug-likeness (QED) is 0.485. The van der Waals surface area contributed by atoms with E-state index in [1.54, 1.807) is 38.5 Å². The average molecular weight is 383 g/mol. The second kappa shape index (κ2) is 7.69. The standard InChI is InChI=1S/C20H18FN3O4/c1-25-5-6-27-19-9-17-14(8-18(19)26-2)20(24-11-23-17)15-10-22-16-4-3-12(28-21)7-13(15)16/h3-4,7-11,22H,5-6H2,1-2H3. The van der Waals surface area contributed by atoms with Crippen LogP contribution in [0.5, 0.6) is 17.2 Å². The van der Waals surface area contributed by atoms with Crippen LogP contribution >= 0.6 is 0 Å². The number of rotatable bonds is 7. The third-order valence-corrected chi connectivity index (χ3v) is 4.46. The Bertz CT molecular complexity index is 1130. The third-order valence-electron chi connectivity index (χ3n) is 4.46. The fourth-order valence-corrected chi connectivity index (χ4v) is 3.13. The van der Waals surface area contributed by atoms with Gasteiger partial charge in [0.25, 0.3) is 0 Å². The number of halogens is 1. The molecule has 0 aliphatic carbocycles. The van der Waals surface area contributed by atoms with Gasteiger partial charge in [0, 0.05) is 45.8 Å². The molecule has 0 radical (unpaired) electrons. The van der Waals surface area contributed by atoms with Crippen LogP contribution < -0.4 is 14.4 Å². The van der Waals surface area contributed by atoms with Gasteiger partial charge in [0.2, 0.25) is 0 Å². The van der Waals surface area contributed by atoms with E-state index >= 15 is 0 Å². The monoisotopic (exact) mass is 383 g/mol. The summed E-state index contributed by atoms with van der Waals surface area (Å²) in [6.45, 7) is 0.856. The molecule has 0 saturated carbocycles. The fourth-order valence-electron chi connectivity index (χ4n) is 3.13. The first-order valence-electron chi connectivity index (χ1n) is 8.59. The number of H-pyrrole nitrogens is 1. The molecule has 28 heavy (non-hydrogen) atoms. The topological polar surface area (TPSA) is 78.5 Å². The van der Waals surface area contributed by atoms with Crippen LogP contribution in [0.2, 0.25) is 0 Å². The number of benzene rings is 2. The minimum Gasteiger partial charge on any atom is -0.493 e. The lowest BCUT2D eigenvalue weighted by atomic mass is 10.0. The molecule has 2 heterocycles. The summed E-state index contributed by atoms with van der Waals surface area (Å²) in [5.41, 5.74) is 3.03. The highest BCUT2D eigenvalue weighted by Crippen LogP contribution is 2.38. The van der Waals surface area contributed by atoms with Gasteiger partial charge >= 0.3 is 0 Å². The van der Waals surface area contributed by atoms with Crippen LogP contribution in [0, 0.1) is 0 Å². The second-order valence-electron chi connectivity index (χ2n) is 6.07. The van der Waals surface area contributed by atoms with Crippen molar-refractivity contribution < 1.29 is 23.7 Å². The van der Waals surface area contributed by atoms with E-state index in [-0.39, 0.29) is 5.75 Å². The minimum absolute atomic E-state index is 0.123. The minimum atomic E-state index is 0.123. The van der Waals surface area contributed by atoms with Gasteiger partial charge < -0.3 is 19.2 Å². The summed E-state index contributed by atoms with van der Waals surface area (Å²) in [5, 5.41) is 1.57. The van der Waals surface area contributed by atoms with Crippen LogP contribution in [0.1, 0.15) is 0 Å². The van der Waals surface area contributed by atoms with E-state index in [1.165, 1.54) is 6.33 Å². The van der Waals surface area contributed by atoms with Gasteiger partial charge in [-0.25, -0.2) is 9.97 Å². The van der Waals surface area contributed by atoms with Gasteiger partial charge in [-0.2, -0.15) is 0 Å². The second-order valence-corrected chi connectivity index (χ2v) is 6.07. The maximum Gasteiger partial charge on any atom is 0.172 e. The zero-order valence-corrected chi connectivity index (χ0v) is 15.4. The number of aromatic nitrogens is 3. The van der Waals surface area contributed by atoms with Crippen LogP contribution in [0.25, 0.3) is 33.1 Å². The van der Waals surface area contributed by atoms with E-state index in [0.29, 0.717) is 35.9 Å². The molecule has 0 fully saturated rings. The lowest BCUT2D eigenvalue weighted by Crippen LogP contribution is -2.05. The number of fused-ring (bicyclic) bond motifs is 2. The zero-order valence-electron chi connectivity index (χ0n) is 15.4. The van der Waals surface area contributed by atoms with Crippen molar-refractivity contribution in [1.82, 2.24) is 15.0 Å². The number of nitrogens with one attached hydrogen (secondary N) is 1. The van der Waals surface area contributed by atoms with E-state index in [4.69, 9.17) is 14.2 Å². The van der Waals surface area contributed by atoms with Crippen LogP contribution in [-0.4, -0.2) is 42.4 Å². The fraction of sp³-hybridized carbons (Fsp3) is 0.200.